The topological polar surface area (TPSA) is 38.8 Å². The summed E-state index contributed by atoms with van der Waals surface area (Å²) in [7, 11) is 0. The minimum absolute atomic E-state index is 0.0115. The van der Waals surface area contributed by atoms with Gasteiger partial charge in [0, 0.05) is 6.04 Å². The number of rotatable bonds is 7. The molecule has 0 unspecified atom stereocenters. The van der Waals surface area contributed by atoms with Crippen LogP contribution in [0.15, 0.2) is 45.8 Å². The molecule has 0 bridgehead atoms. The van der Waals surface area contributed by atoms with Gasteiger partial charge in [0.1, 0.15) is 16.7 Å². The van der Waals surface area contributed by atoms with E-state index in [9.17, 15) is 9.18 Å². The average molecular weight is 551 g/mol. The monoisotopic (exact) mass is 549 g/mol. The lowest BCUT2D eigenvalue weighted by atomic mass is 9.94. The van der Waals surface area contributed by atoms with Gasteiger partial charge in [0.2, 0.25) is 0 Å². The summed E-state index contributed by atoms with van der Waals surface area (Å²) >= 11 is 10.5. The first-order valence-corrected chi connectivity index (χ1v) is 13.1. The maximum Gasteiger partial charge on any atom is 0.266 e. The van der Waals surface area contributed by atoms with E-state index in [-0.39, 0.29) is 24.4 Å². The molecule has 1 saturated heterocycles. The van der Waals surface area contributed by atoms with Crippen molar-refractivity contribution < 1.29 is 18.7 Å². The van der Waals surface area contributed by atoms with Gasteiger partial charge in [-0.15, -0.1) is 0 Å². The zero-order chi connectivity index (χ0) is 23.4. The summed E-state index contributed by atoms with van der Waals surface area (Å²) in [5.74, 6) is 0.840. The number of carbonyl (C=O) groups is 1. The van der Waals surface area contributed by atoms with Gasteiger partial charge >= 0.3 is 0 Å². The van der Waals surface area contributed by atoms with Gasteiger partial charge in [0.15, 0.2) is 11.5 Å². The molecule has 2 fully saturated rings. The first-order chi connectivity index (χ1) is 16.0. The molecule has 174 valence electrons. The van der Waals surface area contributed by atoms with E-state index in [1.54, 1.807) is 12.1 Å². The molecule has 2 aromatic carbocycles. The number of carbonyl (C=O) groups excluding carboxylic acids is 1. The van der Waals surface area contributed by atoms with Crippen LogP contribution in [0.2, 0.25) is 0 Å². The highest BCUT2D eigenvalue weighted by Crippen LogP contribution is 2.41. The molecule has 0 radical (unpaired) electrons. The average Bonchev–Trinajstić information content (AvgIpc) is 3.08. The summed E-state index contributed by atoms with van der Waals surface area (Å²) in [6.45, 7) is 2.64. The number of hydrogen-bond donors (Lipinski definition) is 0. The van der Waals surface area contributed by atoms with Gasteiger partial charge < -0.3 is 9.47 Å². The largest absolute Gasteiger partial charge is 0.490 e. The summed E-state index contributed by atoms with van der Waals surface area (Å²) in [5.41, 5.74) is 1.67. The second-order valence-electron chi connectivity index (χ2n) is 8.02. The molecule has 2 aliphatic rings. The summed E-state index contributed by atoms with van der Waals surface area (Å²) in [6.07, 6.45) is 7.40. The van der Waals surface area contributed by atoms with Crippen LogP contribution in [-0.2, 0) is 11.4 Å². The lowest BCUT2D eigenvalue weighted by Gasteiger charge is -2.29. The second-order valence-corrected chi connectivity index (χ2v) is 10.6. The minimum atomic E-state index is -0.284. The standard InChI is InChI=1S/C25H25BrFNO3S2/c1-2-30-21-13-17(12-20(26)23(21)31-15-16-8-10-18(27)11-9-16)14-22-24(29)28(25(32)33-22)19-6-4-3-5-7-19/h8-14,19H,2-7,15H2,1H3/b22-14+. The zero-order valence-corrected chi connectivity index (χ0v) is 21.5. The van der Waals surface area contributed by atoms with Crippen molar-refractivity contribution in [3.8, 4) is 11.5 Å². The molecule has 0 aromatic heterocycles. The Morgan fingerprint density at radius 3 is 2.61 bits per heavy atom. The maximum absolute atomic E-state index is 13.2. The van der Waals surface area contributed by atoms with Gasteiger partial charge in [0.25, 0.3) is 5.91 Å². The molecule has 4 rings (SSSR count). The lowest BCUT2D eigenvalue weighted by molar-refractivity contribution is -0.124. The molecule has 1 aliphatic heterocycles. The molecule has 4 nitrogen and oxygen atoms in total. The van der Waals surface area contributed by atoms with Gasteiger partial charge in [-0.3, -0.25) is 9.69 Å². The lowest BCUT2D eigenvalue weighted by Crippen LogP contribution is -2.39. The van der Waals surface area contributed by atoms with Gasteiger partial charge in [-0.2, -0.15) is 0 Å². The Hall–Kier alpha value is -1.90. The number of amides is 1. The second kappa shape index (κ2) is 11.0. The van der Waals surface area contributed by atoms with E-state index in [1.165, 1.54) is 30.3 Å². The van der Waals surface area contributed by atoms with Crippen LogP contribution < -0.4 is 9.47 Å². The molecule has 0 spiro atoms. The van der Waals surface area contributed by atoms with E-state index < -0.39 is 0 Å². The molecule has 2 aromatic rings. The third-order valence-electron chi connectivity index (χ3n) is 5.69. The van der Waals surface area contributed by atoms with Crippen LogP contribution in [0.25, 0.3) is 6.08 Å². The zero-order valence-electron chi connectivity index (χ0n) is 18.3. The summed E-state index contributed by atoms with van der Waals surface area (Å²) in [6, 6.07) is 10.2. The number of hydrogen-bond acceptors (Lipinski definition) is 5. The van der Waals surface area contributed by atoms with E-state index in [0.29, 0.717) is 31.8 Å². The molecule has 1 saturated carbocycles. The van der Waals surface area contributed by atoms with Crippen LogP contribution in [0.5, 0.6) is 11.5 Å². The number of benzene rings is 2. The molecule has 8 heteroatoms. The van der Waals surface area contributed by atoms with Crippen molar-refractivity contribution in [1.29, 1.82) is 0 Å². The smallest absolute Gasteiger partial charge is 0.266 e. The molecule has 1 heterocycles. The fourth-order valence-corrected chi connectivity index (χ4v) is 6.07. The third-order valence-corrected chi connectivity index (χ3v) is 7.61. The highest BCUT2D eigenvalue weighted by Gasteiger charge is 2.37. The fourth-order valence-electron chi connectivity index (χ4n) is 4.10. The first kappa shape index (κ1) is 24.2. The Balaban J connectivity index is 1.55. The fraction of sp³-hybridized carbons (Fsp3) is 0.360. The number of nitrogens with zero attached hydrogens (tertiary/aromatic N) is 1. The molecule has 1 aliphatic carbocycles. The van der Waals surface area contributed by atoms with Crippen LogP contribution in [-0.4, -0.2) is 27.8 Å². The quantitative estimate of drug-likeness (QED) is 0.272. The molecule has 1 amide bonds. The summed E-state index contributed by atoms with van der Waals surface area (Å²) < 4.78 is 26.3. The Morgan fingerprint density at radius 2 is 1.91 bits per heavy atom. The molecular formula is C25H25BrFNO3S2. The van der Waals surface area contributed by atoms with Crippen LogP contribution in [0.1, 0.15) is 50.2 Å². The Bertz CT molecular complexity index is 1070. The predicted octanol–water partition coefficient (Wildman–Crippen LogP) is 7.10. The van der Waals surface area contributed by atoms with E-state index in [0.717, 1.165) is 36.8 Å². The van der Waals surface area contributed by atoms with Crippen LogP contribution in [0.4, 0.5) is 4.39 Å². The van der Waals surface area contributed by atoms with Crippen molar-refractivity contribution in [2.45, 2.75) is 51.7 Å². The summed E-state index contributed by atoms with van der Waals surface area (Å²) in [5, 5.41) is 0. The molecule has 0 atom stereocenters. The predicted molar refractivity (Wildman–Crippen MR) is 138 cm³/mol. The van der Waals surface area contributed by atoms with E-state index in [2.05, 4.69) is 15.9 Å². The maximum atomic E-state index is 13.2. The number of halogens is 2. The minimum Gasteiger partial charge on any atom is -0.490 e. The van der Waals surface area contributed by atoms with Gasteiger partial charge in [-0.1, -0.05) is 55.4 Å². The van der Waals surface area contributed by atoms with Crippen molar-refractivity contribution in [2.24, 2.45) is 0 Å². The molecule has 0 N–H and O–H groups in total. The van der Waals surface area contributed by atoms with Crippen molar-refractivity contribution in [3.63, 3.8) is 0 Å². The van der Waals surface area contributed by atoms with E-state index in [1.807, 2.05) is 30.0 Å². The highest BCUT2D eigenvalue weighted by atomic mass is 79.9. The van der Waals surface area contributed by atoms with Crippen molar-refractivity contribution in [2.75, 3.05) is 6.61 Å². The van der Waals surface area contributed by atoms with E-state index >= 15 is 0 Å². The van der Waals surface area contributed by atoms with Crippen molar-refractivity contribution in [1.82, 2.24) is 4.90 Å². The SMILES string of the molecule is CCOc1cc(/C=C2/SC(=S)N(C3CCCCC3)C2=O)cc(Br)c1OCc1ccc(F)cc1. The Kier molecular flexibility index (Phi) is 8.09. The molecular weight excluding hydrogens is 525 g/mol. The highest BCUT2D eigenvalue weighted by molar-refractivity contribution is 9.10. The van der Waals surface area contributed by atoms with Crippen LogP contribution >= 0.6 is 39.9 Å². The van der Waals surface area contributed by atoms with Gasteiger partial charge in [-0.25, -0.2) is 4.39 Å². The summed E-state index contributed by atoms with van der Waals surface area (Å²) in [4.78, 5) is 15.6. The number of thiocarbonyl (C=S) groups is 1. The third kappa shape index (κ3) is 5.78. The molecule has 33 heavy (non-hydrogen) atoms. The van der Waals surface area contributed by atoms with E-state index in [4.69, 9.17) is 21.7 Å². The van der Waals surface area contributed by atoms with Gasteiger partial charge in [0.05, 0.1) is 16.0 Å². The van der Waals surface area contributed by atoms with Crippen molar-refractivity contribution >= 4 is 56.2 Å². The van der Waals surface area contributed by atoms with Crippen molar-refractivity contribution in [3.05, 3.63) is 62.7 Å². The van der Waals surface area contributed by atoms with Gasteiger partial charge in [-0.05, 0) is 77.2 Å². The number of ether oxygens (including phenoxy) is 2. The first-order valence-electron chi connectivity index (χ1n) is 11.1. The van der Waals surface area contributed by atoms with Crippen LogP contribution in [0.3, 0.4) is 0 Å². The Morgan fingerprint density at radius 1 is 1.18 bits per heavy atom. The Labute approximate surface area is 211 Å². The van der Waals surface area contributed by atoms with Crippen LogP contribution in [0, 0.1) is 5.82 Å². The normalized spacial score (nSPS) is 18.3. The number of thioether (sulfide) groups is 1.